The Hall–Kier alpha value is -2.77. The standard InChI is InChI=1S/C23H27FN4O2/c1-15-7-8-17(16(2)13-15)20-14-21(26-25-20)23(30)28-11-9-27(10-12-28)22(29)18-5-3-4-6-19(18)24/h3-8,13,20-21,25-26H,9-12,14H2,1-2H3. The summed E-state index contributed by atoms with van der Waals surface area (Å²) in [6.07, 6.45) is 0.678. The summed E-state index contributed by atoms with van der Waals surface area (Å²) in [7, 11) is 0. The van der Waals surface area contributed by atoms with Gasteiger partial charge < -0.3 is 9.80 Å². The van der Waals surface area contributed by atoms with E-state index in [0.29, 0.717) is 32.6 Å². The molecule has 0 aromatic heterocycles. The van der Waals surface area contributed by atoms with Crippen molar-refractivity contribution in [2.24, 2.45) is 0 Å². The quantitative estimate of drug-likeness (QED) is 0.815. The van der Waals surface area contributed by atoms with Crippen molar-refractivity contribution in [1.29, 1.82) is 0 Å². The molecular formula is C23H27FN4O2. The first-order valence-electron chi connectivity index (χ1n) is 10.3. The number of carbonyl (C=O) groups is 2. The number of amides is 2. The molecule has 7 heteroatoms. The third-order valence-corrected chi connectivity index (χ3v) is 5.98. The van der Waals surface area contributed by atoms with Gasteiger partial charge in [-0.25, -0.2) is 15.2 Å². The highest BCUT2D eigenvalue weighted by Crippen LogP contribution is 2.26. The number of nitrogens with one attached hydrogen (secondary N) is 2. The molecule has 2 saturated heterocycles. The first kappa shape index (κ1) is 20.5. The predicted molar refractivity (Wildman–Crippen MR) is 112 cm³/mol. The fourth-order valence-corrected chi connectivity index (χ4v) is 4.29. The minimum Gasteiger partial charge on any atom is -0.338 e. The Labute approximate surface area is 176 Å². The number of hydrogen-bond donors (Lipinski definition) is 2. The molecule has 4 rings (SSSR count). The third-order valence-electron chi connectivity index (χ3n) is 5.98. The summed E-state index contributed by atoms with van der Waals surface area (Å²) in [5, 5.41) is 0. The molecule has 2 unspecified atom stereocenters. The fraction of sp³-hybridized carbons (Fsp3) is 0.391. The molecule has 2 N–H and O–H groups in total. The van der Waals surface area contributed by atoms with Gasteiger partial charge in [-0.05, 0) is 43.5 Å². The van der Waals surface area contributed by atoms with Crippen molar-refractivity contribution >= 4 is 11.8 Å². The highest BCUT2D eigenvalue weighted by molar-refractivity contribution is 5.94. The van der Waals surface area contributed by atoms with Crippen LogP contribution in [-0.2, 0) is 4.79 Å². The minimum absolute atomic E-state index is 0.0350. The molecule has 2 fully saturated rings. The van der Waals surface area contributed by atoms with Gasteiger partial charge in [0.15, 0.2) is 0 Å². The number of halogens is 1. The molecule has 6 nitrogen and oxygen atoms in total. The van der Waals surface area contributed by atoms with Crippen molar-refractivity contribution in [2.45, 2.75) is 32.4 Å². The summed E-state index contributed by atoms with van der Waals surface area (Å²) < 4.78 is 13.9. The summed E-state index contributed by atoms with van der Waals surface area (Å²) in [5.41, 5.74) is 10.1. The second-order valence-electron chi connectivity index (χ2n) is 8.09. The number of benzene rings is 2. The van der Waals surface area contributed by atoms with E-state index < -0.39 is 5.82 Å². The number of hydrogen-bond acceptors (Lipinski definition) is 4. The van der Waals surface area contributed by atoms with E-state index in [1.165, 1.54) is 28.8 Å². The number of piperazine rings is 1. The Balaban J connectivity index is 1.34. The minimum atomic E-state index is -0.514. The molecule has 2 amide bonds. The zero-order chi connectivity index (χ0) is 21.3. The van der Waals surface area contributed by atoms with Crippen molar-refractivity contribution < 1.29 is 14.0 Å². The monoisotopic (exact) mass is 410 g/mol. The zero-order valence-electron chi connectivity index (χ0n) is 17.3. The van der Waals surface area contributed by atoms with Crippen LogP contribution >= 0.6 is 0 Å². The highest BCUT2D eigenvalue weighted by atomic mass is 19.1. The van der Waals surface area contributed by atoms with Crippen LogP contribution in [0.2, 0.25) is 0 Å². The van der Waals surface area contributed by atoms with Crippen LogP contribution in [0.5, 0.6) is 0 Å². The predicted octanol–water partition coefficient (Wildman–Crippen LogP) is 2.33. The molecule has 0 radical (unpaired) electrons. The fourth-order valence-electron chi connectivity index (χ4n) is 4.29. The van der Waals surface area contributed by atoms with Crippen molar-refractivity contribution in [3.8, 4) is 0 Å². The Morgan fingerprint density at radius 1 is 0.967 bits per heavy atom. The summed E-state index contributed by atoms with van der Waals surface area (Å²) in [6.45, 7) is 5.86. The average Bonchev–Trinajstić information content (AvgIpc) is 3.23. The second kappa shape index (κ2) is 8.53. The van der Waals surface area contributed by atoms with Gasteiger partial charge in [0.05, 0.1) is 5.56 Å². The van der Waals surface area contributed by atoms with E-state index in [1.54, 1.807) is 21.9 Å². The number of nitrogens with zero attached hydrogens (tertiary/aromatic N) is 2. The summed E-state index contributed by atoms with van der Waals surface area (Å²) >= 11 is 0. The van der Waals surface area contributed by atoms with Gasteiger partial charge in [0.1, 0.15) is 11.9 Å². The van der Waals surface area contributed by atoms with Crippen LogP contribution in [0.25, 0.3) is 0 Å². The molecular weight excluding hydrogens is 383 g/mol. The van der Waals surface area contributed by atoms with Crippen LogP contribution in [0.15, 0.2) is 42.5 Å². The molecule has 0 spiro atoms. The number of rotatable bonds is 3. The zero-order valence-corrected chi connectivity index (χ0v) is 17.3. The van der Waals surface area contributed by atoms with Crippen molar-refractivity contribution in [2.75, 3.05) is 26.2 Å². The molecule has 0 bridgehead atoms. The van der Waals surface area contributed by atoms with Gasteiger partial charge >= 0.3 is 0 Å². The maximum atomic E-state index is 13.9. The molecule has 2 aromatic carbocycles. The van der Waals surface area contributed by atoms with Crippen molar-refractivity contribution in [1.82, 2.24) is 20.7 Å². The summed E-state index contributed by atoms with van der Waals surface area (Å²) in [4.78, 5) is 28.9. The van der Waals surface area contributed by atoms with E-state index >= 15 is 0 Å². The van der Waals surface area contributed by atoms with Gasteiger partial charge in [-0.3, -0.25) is 9.59 Å². The molecule has 2 atom stereocenters. The highest BCUT2D eigenvalue weighted by Gasteiger charge is 2.35. The largest absolute Gasteiger partial charge is 0.338 e. The van der Waals surface area contributed by atoms with Crippen LogP contribution in [0, 0.1) is 19.7 Å². The van der Waals surface area contributed by atoms with Crippen LogP contribution in [0.3, 0.4) is 0 Å². The van der Waals surface area contributed by atoms with Gasteiger partial charge in [0, 0.05) is 32.2 Å². The van der Waals surface area contributed by atoms with Crippen molar-refractivity contribution in [3.05, 3.63) is 70.5 Å². The lowest BCUT2D eigenvalue weighted by Gasteiger charge is -2.36. The van der Waals surface area contributed by atoms with Gasteiger partial charge in [0.25, 0.3) is 5.91 Å². The smallest absolute Gasteiger partial charge is 0.256 e. The van der Waals surface area contributed by atoms with E-state index in [0.717, 1.165) is 0 Å². The van der Waals surface area contributed by atoms with Gasteiger partial charge in [-0.2, -0.15) is 0 Å². The van der Waals surface area contributed by atoms with Gasteiger partial charge in [-0.15, -0.1) is 0 Å². The molecule has 2 aliphatic heterocycles. The lowest BCUT2D eigenvalue weighted by molar-refractivity contribution is -0.134. The van der Waals surface area contributed by atoms with E-state index in [1.807, 2.05) is 0 Å². The first-order valence-corrected chi connectivity index (χ1v) is 10.3. The summed E-state index contributed by atoms with van der Waals surface area (Å²) in [6, 6.07) is 12.1. The normalized spacial score (nSPS) is 21.7. The SMILES string of the molecule is Cc1ccc(C2CC(C(=O)N3CCN(C(=O)c4ccccc4F)CC3)NN2)c(C)c1. The lowest BCUT2D eigenvalue weighted by Crippen LogP contribution is -2.54. The molecule has 2 heterocycles. The topological polar surface area (TPSA) is 64.7 Å². The molecule has 158 valence electrons. The number of carbonyl (C=O) groups excluding carboxylic acids is 2. The maximum absolute atomic E-state index is 13.9. The van der Waals surface area contributed by atoms with E-state index in [4.69, 9.17) is 0 Å². The second-order valence-corrected chi connectivity index (χ2v) is 8.09. The number of aryl methyl sites for hydroxylation is 2. The van der Waals surface area contributed by atoms with Crippen molar-refractivity contribution in [3.63, 3.8) is 0 Å². The third kappa shape index (κ3) is 4.08. The van der Waals surface area contributed by atoms with Crippen LogP contribution in [-0.4, -0.2) is 53.8 Å². The molecule has 30 heavy (non-hydrogen) atoms. The van der Waals surface area contributed by atoms with E-state index in [-0.39, 0.29) is 29.5 Å². The van der Waals surface area contributed by atoms with Crippen LogP contribution in [0.4, 0.5) is 4.39 Å². The Morgan fingerprint density at radius 3 is 2.37 bits per heavy atom. The molecule has 0 saturated carbocycles. The summed E-state index contributed by atoms with van der Waals surface area (Å²) in [5.74, 6) is -0.803. The molecule has 0 aliphatic carbocycles. The molecule has 2 aromatic rings. The average molecular weight is 410 g/mol. The van der Waals surface area contributed by atoms with Crippen LogP contribution in [0.1, 0.15) is 39.5 Å². The first-order chi connectivity index (χ1) is 14.4. The Bertz CT molecular complexity index is 956. The molecule has 2 aliphatic rings. The number of hydrazine groups is 1. The van der Waals surface area contributed by atoms with E-state index in [2.05, 4.69) is 42.9 Å². The van der Waals surface area contributed by atoms with Crippen LogP contribution < -0.4 is 10.9 Å². The Kier molecular flexibility index (Phi) is 5.83. The Morgan fingerprint density at radius 2 is 1.67 bits per heavy atom. The maximum Gasteiger partial charge on any atom is 0.256 e. The van der Waals surface area contributed by atoms with Gasteiger partial charge in [-0.1, -0.05) is 35.9 Å². The van der Waals surface area contributed by atoms with E-state index in [9.17, 15) is 14.0 Å². The van der Waals surface area contributed by atoms with Gasteiger partial charge in [0.2, 0.25) is 5.91 Å². The lowest BCUT2D eigenvalue weighted by atomic mass is 9.96.